The summed E-state index contributed by atoms with van der Waals surface area (Å²) >= 11 is 0. The number of aliphatic hydroxyl groups is 2. The molecule has 0 spiro atoms. The van der Waals surface area contributed by atoms with Gasteiger partial charge in [-0.05, 0) is 50.0 Å². The lowest BCUT2D eigenvalue weighted by molar-refractivity contribution is 0.000709. The van der Waals surface area contributed by atoms with Crippen molar-refractivity contribution in [2.24, 2.45) is 23.7 Å². The zero-order valence-corrected chi connectivity index (χ0v) is 11.9. The number of aliphatic hydroxyl groups excluding tert-OH is 2. The smallest absolute Gasteiger partial charge is 0.0585 e. The minimum Gasteiger partial charge on any atom is -0.396 e. The van der Waals surface area contributed by atoms with Gasteiger partial charge in [-0.1, -0.05) is 13.8 Å². The molecular formula is C15H29NO2. The number of hydrogen-bond donors (Lipinski definition) is 2. The molecule has 3 nitrogen and oxygen atoms in total. The molecule has 2 N–H and O–H groups in total. The van der Waals surface area contributed by atoms with Crippen molar-refractivity contribution in [2.45, 2.75) is 45.6 Å². The van der Waals surface area contributed by atoms with Crippen LogP contribution in [0.15, 0.2) is 0 Å². The fourth-order valence-electron chi connectivity index (χ4n) is 3.97. The first-order valence-electron chi connectivity index (χ1n) is 7.61. The molecule has 0 radical (unpaired) electrons. The van der Waals surface area contributed by atoms with Gasteiger partial charge in [0.2, 0.25) is 0 Å². The summed E-state index contributed by atoms with van der Waals surface area (Å²) in [4.78, 5) is 2.50. The Kier molecular flexibility index (Phi) is 5.05. The second kappa shape index (κ2) is 6.36. The van der Waals surface area contributed by atoms with Gasteiger partial charge in [-0.2, -0.15) is 0 Å². The van der Waals surface area contributed by atoms with Crippen LogP contribution in [-0.4, -0.2) is 47.5 Å². The highest BCUT2D eigenvalue weighted by molar-refractivity contribution is 4.87. The predicted octanol–water partition coefficient (Wildman–Crippen LogP) is 1.73. The zero-order valence-electron chi connectivity index (χ0n) is 11.9. The summed E-state index contributed by atoms with van der Waals surface area (Å²) in [5, 5.41) is 19.3. The first kappa shape index (κ1) is 14.3. The lowest BCUT2D eigenvalue weighted by Gasteiger charge is -2.39. The van der Waals surface area contributed by atoms with E-state index in [0.29, 0.717) is 30.3 Å². The standard InChI is InChI=1S/C15H29NO2/c1-11-7-12(2)14(15(18)8-11)10-16-5-3-13(9-16)4-6-17/h11-15,17-18H,3-10H2,1-2H3. The van der Waals surface area contributed by atoms with Crippen molar-refractivity contribution in [3.8, 4) is 0 Å². The van der Waals surface area contributed by atoms with E-state index in [1.807, 2.05) is 0 Å². The zero-order chi connectivity index (χ0) is 13.1. The molecule has 0 aromatic carbocycles. The average Bonchev–Trinajstić information content (AvgIpc) is 2.72. The van der Waals surface area contributed by atoms with Gasteiger partial charge in [-0.3, -0.25) is 0 Å². The van der Waals surface area contributed by atoms with Crippen molar-refractivity contribution in [1.82, 2.24) is 4.90 Å². The van der Waals surface area contributed by atoms with E-state index >= 15 is 0 Å². The van der Waals surface area contributed by atoms with Crippen LogP contribution in [0.4, 0.5) is 0 Å². The van der Waals surface area contributed by atoms with E-state index in [2.05, 4.69) is 18.7 Å². The summed E-state index contributed by atoms with van der Waals surface area (Å²) in [6.45, 7) is 8.19. The van der Waals surface area contributed by atoms with Crippen molar-refractivity contribution in [3.05, 3.63) is 0 Å². The van der Waals surface area contributed by atoms with Crippen LogP contribution in [-0.2, 0) is 0 Å². The van der Waals surface area contributed by atoms with E-state index in [1.165, 1.54) is 12.8 Å². The van der Waals surface area contributed by atoms with Crippen LogP contribution in [0.25, 0.3) is 0 Å². The van der Waals surface area contributed by atoms with E-state index in [-0.39, 0.29) is 6.10 Å². The Bertz CT molecular complexity index is 247. The molecule has 1 heterocycles. The molecule has 0 aromatic rings. The molecule has 0 amide bonds. The molecule has 106 valence electrons. The van der Waals surface area contributed by atoms with Gasteiger partial charge in [0.05, 0.1) is 6.10 Å². The molecule has 1 aliphatic carbocycles. The van der Waals surface area contributed by atoms with Gasteiger partial charge in [-0.25, -0.2) is 0 Å². The average molecular weight is 255 g/mol. The third-order valence-electron chi connectivity index (χ3n) is 5.02. The van der Waals surface area contributed by atoms with E-state index < -0.39 is 0 Å². The molecule has 1 saturated heterocycles. The third-order valence-corrected chi connectivity index (χ3v) is 5.02. The lowest BCUT2D eigenvalue weighted by atomic mass is 9.73. The first-order chi connectivity index (χ1) is 8.60. The van der Waals surface area contributed by atoms with Crippen LogP contribution in [0, 0.1) is 23.7 Å². The summed E-state index contributed by atoms with van der Waals surface area (Å²) in [5.41, 5.74) is 0. The largest absolute Gasteiger partial charge is 0.396 e. The quantitative estimate of drug-likeness (QED) is 0.804. The van der Waals surface area contributed by atoms with Crippen molar-refractivity contribution >= 4 is 0 Å². The highest BCUT2D eigenvalue weighted by Gasteiger charge is 2.35. The summed E-state index contributed by atoms with van der Waals surface area (Å²) in [5.74, 6) is 2.44. The Hall–Kier alpha value is -0.120. The molecular weight excluding hydrogens is 226 g/mol. The minimum atomic E-state index is -0.111. The maximum Gasteiger partial charge on any atom is 0.0585 e. The molecule has 1 saturated carbocycles. The number of hydrogen-bond acceptors (Lipinski definition) is 3. The summed E-state index contributed by atoms with van der Waals surface area (Å²) in [6, 6.07) is 0. The van der Waals surface area contributed by atoms with Gasteiger partial charge in [0.1, 0.15) is 0 Å². The number of nitrogens with zero attached hydrogens (tertiary/aromatic N) is 1. The van der Waals surface area contributed by atoms with Crippen molar-refractivity contribution in [2.75, 3.05) is 26.2 Å². The van der Waals surface area contributed by atoms with E-state index in [4.69, 9.17) is 5.11 Å². The highest BCUT2D eigenvalue weighted by atomic mass is 16.3. The van der Waals surface area contributed by atoms with Gasteiger partial charge in [0.15, 0.2) is 0 Å². The predicted molar refractivity (Wildman–Crippen MR) is 73.3 cm³/mol. The maximum atomic E-state index is 10.3. The van der Waals surface area contributed by atoms with Crippen LogP contribution in [0.3, 0.4) is 0 Å². The SMILES string of the molecule is CC1CC(C)C(CN2CCC(CCO)C2)C(O)C1. The number of rotatable bonds is 4. The monoisotopic (exact) mass is 255 g/mol. The topological polar surface area (TPSA) is 43.7 Å². The van der Waals surface area contributed by atoms with Crippen molar-refractivity contribution in [3.63, 3.8) is 0 Å². The van der Waals surface area contributed by atoms with Gasteiger partial charge < -0.3 is 15.1 Å². The Labute approximate surface area is 111 Å². The van der Waals surface area contributed by atoms with Gasteiger partial charge in [-0.15, -0.1) is 0 Å². The summed E-state index contributed by atoms with van der Waals surface area (Å²) in [6.07, 6.45) is 4.28. The van der Waals surface area contributed by atoms with Gasteiger partial charge in [0, 0.05) is 25.6 Å². The molecule has 5 unspecified atom stereocenters. The Balaban J connectivity index is 1.82. The summed E-state index contributed by atoms with van der Waals surface area (Å²) in [7, 11) is 0. The fraction of sp³-hybridized carbons (Fsp3) is 1.00. The van der Waals surface area contributed by atoms with Crippen LogP contribution in [0.2, 0.25) is 0 Å². The molecule has 1 aliphatic heterocycles. The first-order valence-corrected chi connectivity index (χ1v) is 7.61. The lowest BCUT2D eigenvalue weighted by Crippen LogP contribution is -2.42. The van der Waals surface area contributed by atoms with Crippen molar-refractivity contribution < 1.29 is 10.2 Å². The van der Waals surface area contributed by atoms with Gasteiger partial charge in [0.25, 0.3) is 0 Å². The second-order valence-corrected chi connectivity index (χ2v) is 6.71. The molecule has 3 heteroatoms. The second-order valence-electron chi connectivity index (χ2n) is 6.71. The van der Waals surface area contributed by atoms with Crippen molar-refractivity contribution in [1.29, 1.82) is 0 Å². The van der Waals surface area contributed by atoms with Crippen LogP contribution < -0.4 is 0 Å². The van der Waals surface area contributed by atoms with Gasteiger partial charge >= 0.3 is 0 Å². The molecule has 18 heavy (non-hydrogen) atoms. The fourth-order valence-corrected chi connectivity index (χ4v) is 3.97. The summed E-state index contributed by atoms with van der Waals surface area (Å²) < 4.78 is 0. The molecule has 2 aliphatic rings. The van der Waals surface area contributed by atoms with E-state index in [0.717, 1.165) is 32.5 Å². The molecule has 0 bridgehead atoms. The van der Waals surface area contributed by atoms with E-state index in [9.17, 15) is 5.11 Å². The molecule has 2 rings (SSSR count). The van der Waals surface area contributed by atoms with Crippen LogP contribution in [0.5, 0.6) is 0 Å². The minimum absolute atomic E-state index is 0.111. The molecule has 0 aromatic heterocycles. The Morgan fingerprint density at radius 2 is 2.00 bits per heavy atom. The molecule has 2 fully saturated rings. The third kappa shape index (κ3) is 3.46. The molecule has 5 atom stereocenters. The van der Waals surface area contributed by atoms with Crippen LogP contribution >= 0.6 is 0 Å². The Morgan fingerprint density at radius 1 is 1.22 bits per heavy atom. The highest BCUT2D eigenvalue weighted by Crippen LogP contribution is 2.35. The van der Waals surface area contributed by atoms with Crippen LogP contribution in [0.1, 0.15) is 39.5 Å². The number of likely N-dealkylation sites (tertiary alicyclic amines) is 1. The van der Waals surface area contributed by atoms with E-state index in [1.54, 1.807) is 0 Å². The maximum absolute atomic E-state index is 10.3. The Morgan fingerprint density at radius 3 is 2.67 bits per heavy atom. The normalized spacial score (nSPS) is 42.3.